The van der Waals surface area contributed by atoms with E-state index in [0.717, 1.165) is 11.1 Å². The summed E-state index contributed by atoms with van der Waals surface area (Å²) in [5, 5.41) is 21.5. The number of rotatable bonds is 11. The smallest absolute Gasteiger partial charge is 0.295 e. The normalized spacial score (nSPS) is 16.5. The largest absolute Gasteiger partial charge is 0.507 e. The summed E-state index contributed by atoms with van der Waals surface area (Å²) < 4.78 is 16.5. The molecule has 8 heteroatoms. The van der Waals surface area contributed by atoms with Crippen LogP contribution in [0.1, 0.15) is 41.6 Å². The van der Waals surface area contributed by atoms with Gasteiger partial charge in [0.1, 0.15) is 18.1 Å². The first-order chi connectivity index (χ1) is 18.8. The zero-order chi connectivity index (χ0) is 27.9. The van der Waals surface area contributed by atoms with Gasteiger partial charge < -0.3 is 29.3 Å². The number of aromatic hydroxyl groups is 1. The molecule has 0 radical (unpaired) electrons. The van der Waals surface area contributed by atoms with Gasteiger partial charge >= 0.3 is 0 Å². The maximum absolute atomic E-state index is 13.2. The minimum atomic E-state index is -0.862. The summed E-state index contributed by atoms with van der Waals surface area (Å²) in [5.74, 6) is -0.998. The number of hydrogen-bond donors (Lipinski definition) is 2. The molecule has 1 atom stereocenters. The second-order valence-electron chi connectivity index (χ2n) is 9.30. The first-order valence-corrected chi connectivity index (χ1v) is 12.9. The lowest BCUT2D eigenvalue weighted by Crippen LogP contribution is -2.31. The zero-order valence-electron chi connectivity index (χ0n) is 22.3. The molecule has 1 amide bonds. The standard InChI is InChI=1S/C31H33NO7/c1-4-38-26-18-23(11-14-25(26)33)28-27(30(35)31(36)32(28)15-6-16-37-3)29(34)22-9-12-24(13-10-22)39-19-21-8-5-7-20(2)17-21/h5,7-14,17-18,28,33-34H,4,6,15-16,19H2,1-3H3/t28-/m1/s1. The number of aryl methyl sites for hydroxylation is 1. The fourth-order valence-corrected chi connectivity index (χ4v) is 4.64. The van der Waals surface area contributed by atoms with Crippen LogP contribution in [0.5, 0.6) is 17.2 Å². The highest BCUT2D eigenvalue weighted by Crippen LogP contribution is 2.42. The lowest BCUT2D eigenvalue weighted by Gasteiger charge is -2.25. The van der Waals surface area contributed by atoms with E-state index in [2.05, 4.69) is 0 Å². The highest BCUT2D eigenvalue weighted by molar-refractivity contribution is 6.46. The SMILES string of the molecule is CCOc1cc([C@@H]2C(=C(O)c3ccc(OCc4cccc(C)c4)cc3)C(=O)C(=O)N2CCCOC)ccc1O. The molecule has 0 spiro atoms. The monoisotopic (exact) mass is 531 g/mol. The van der Waals surface area contributed by atoms with Gasteiger partial charge in [-0.25, -0.2) is 0 Å². The van der Waals surface area contributed by atoms with E-state index < -0.39 is 17.7 Å². The van der Waals surface area contributed by atoms with Crippen LogP contribution in [0.15, 0.2) is 72.3 Å². The molecule has 1 fully saturated rings. The minimum absolute atomic E-state index is 0.0287. The van der Waals surface area contributed by atoms with Crippen LogP contribution in [-0.4, -0.2) is 53.7 Å². The van der Waals surface area contributed by atoms with Gasteiger partial charge in [-0.05, 0) is 67.8 Å². The topological polar surface area (TPSA) is 106 Å². The Morgan fingerprint density at radius 2 is 1.77 bits per heavy atom. The second kappa shape index (κ2) is 12.5. The molecular formula is C31H33NO7. The van der Waals surface area contributed by atoms with Crippen molar-refractivity contribution in [1.82, 2.24) is 4.90 Å². The number of hydrogen-bond acceptors (Lipinski definition) is 7. The van der Waals surface area contributed by atoms with Gasteiger partial charge in [-0.1, -0.05) is 35.9 Å². The fourth-order valence-electron chi connectivity index (χ4n) is 4.64. The van der Waals surface area contributed by atoms with Gasteiger partial charge in [0.05, 0.1) is 18.2 Å². The third-order valence-electron chi connectivity index (χ3n) is 6.50. The Morgan fingerprint density at radius 1 is 1.00 bits per heavy atom. The summed E-state index contributed by atoms with van der Waals surface area (Å²) in [6.07, 6.45) is 0.503. The lowest BCUT2D eigenvalue weighted by molar-refractivity contribution is -0.140. The second-order valence-corrected chi connectivity index (χ2v) is 9.30. The Labute approximate surface area is 228 Å². The molecule has 0 saturated carbocycles. The van der Waals surface area contributed by atoms with Gasteiger partial charge in [0.2, 0.25) is 0 Å². The van der Waals surface area contributed by atoms with E-state index in [1.807, 2.05) is 31.2 Å². The predicted octanol–water partition coefficient (Wildman–Crippen LogP) is 5.14. The molecule has 1 heterocycles. The van der Waals surface area contributed by atoms with Crippen molar-refractivity contribution in [2.24, 2.45) is 0 Å². The van der Waals surface area contributed by atoms with Crippen molar-refractivity contribution in [3.05, 3.63) is 94.6 Å². The summed E-state index contributed by atoms with van der Waals surface area (Å²) in [7, 11) is 1.56. The van der Waals surface area contributed by atoms with E-state index in [0.29, 0.717) is 43.1 Å². The Kier molecular flexibility index (Phi) is 8.88. The highest BCUT2D eigenvalue weighted by Gasteiger charge is 2.46. The van der Waals surface area contributed by atoms with Crippen LogP contribution in [0.25, 0.3) is 5.76 Å². The molecule has 4 rings (SSSR count). The van der Waals surface area contributed by atoms with E-state index >= 15 is 0 Å². The molecule has 1 aliphatic heterocycles. The van der Waals surface area contributed by atoms with Crippen LogP contribution in [0, 0.1) is 6.92 Å². The van der Waals surface area contributed by atoms with E-state index in [1.54, 1.807) is 50.4 Å². The number of methoxy groups -OCH3 is 1. The number of carbonyl (C=O) groups is 2. The van der Waals surface area contributed by atoms with Crippen molar-refractivity contribution in [2.75, 3.05) is 26.9 Å². The first kappa shape index (κ1) is 27.7. The molecule has 1 aliphatic rings. The lowest BCUT2D eigenvalue weighted by atomic mass is 9.95. The summed E-state index contributed by atoms with van der Waals surface area (Å²) in [6, 6.07) is 18.6. The number of aliphatic hydroxyl groups excluding tert-OH is 1. The molecule has 0 aliphatic carbocycles. The number of likely N-dealkylation sites (tertiary alicyclic amines) is 1. The van der Waals surface area contributed by atoms with E-state index in [1.165, 1.54) is 11.0 Å². The van der Waals surface area contributed by atoms with Gasteiger partial charge in [0, 0.05) is 25.8 Å². The number of nitrogens with zero attached hydrogens (tertiary/aromatic N) is 1. The van der Waals surface area contributed by atoms with Gasteiger partial charge in [0.15, 0.2) is 11.5 Å². The number of phenols is 1. The molecule has 0 unspecified atom stereocenters. The van der Waals surface area contributed by atoms with Crippen molar-refractivity contribution in [3.63, 3.8) is 0 Å². The maximum Gasteiger partial charge on any atom is 0.295 e. The maximum atomic E-state index is 13.2. The minimum Gasteiger partial charge on any atom is -0.507 e. The van der Waals surface area contributed by atoms with Gasteiger partial charge in [-0.3, -0.25) is 9.59 Å². The summed E-state index contributed by atoms with van der Waals surface area (Å²) in [4.78, 5) is 27.8. The van der Waals surface area contributed by atoms with Crippen LogP contribution in [0.3, 0.4) is 0 Å². The Morgan fingerprint density at radius 3 is 2.46 bits per heavy atom. The van der Waals surface area contributed by atoms with Crippen LogP contribution in [-0.2, 0) is 20.9 Å². The predicted molar refractivity (Wildman–Crippen MR) is 147 cm³/mol. The number of carbonyl (C=O) groups excluding carboxylic acids is 2. The number of phenolic OH excluding ortho intramolecular Hbond substituents is 1. The number of ketones is 1. The Hall–Kier alpha value is -4.30. The average molecular weight is 532 g/mol. The van der Waals surface area contributed by atoms with E-state index in [-0.39, 0.29) is 29.4 Å². The van der Waals surface area contributed by atoms with E-state index in [9.17, 15) is 19.8 Å². The first-order valence-electron chi connectivity index (χ1n) is 12.9. The summed E-state index contributed by atoms with van der Waals surface area (Å²) in [5.41, 5.74) is 3.07. The number of amides is 1. The Bertz CT molecular complexity index is 1360. The van der Waals surface area contributed by atoms with Crippen LogP contribution >= 0.6 is 0 Å². The van der Waals surface area contributed by atoms with Gasteiger partial charge in [-0.2, -0.15) is 0 Å². The highest BCUT2D eigenvalue weighted by atomic mass is 16.5. The van der Waals surface area contributed by atoms with E-state index in [4.69, 9.17) is 14.2 Å². The number of Topliss-reactive ketones (excluding diaryl/α,β-unsaturated/α-hetero) is 1. The van der Waals surface area contributed by atoms with Gasteiger partial charge in [0.25, 0.3) is 11.7 Å². The van der Waals surface area contributed by atoms with Crippen LogP contribution in [0.4, 0.5) is 0 Å². The Balaban J connectivity index is 1.67. The van der Waals surface area contributed by atoms with Crippen molar-refractivity contribution in [1.29, 1.82) is 0 Å². The molecule has 0 bridgehead atoms. The summed E-state index contributed by atoms with van der Waals surface area (Å²) in [6.45, 7) is 5.17. The van der Waals surface area contributed by atoms with Crippen molar-refractivity contribution in [2.45, 2.75) is 32.9 Å². The molecule has 204 valence electrons. The molecule has 3 aromatic carbocycles. The molecule has 2 N–H and O–H groups in total. The average Bonchev–Trinajstić information content (AvgIpc) is 3.18. The zero-order valence-corrected chi connectivity index (χ0v) is 22.3. The van der Waals surface area contributed by atoms with Gasteiger partial charge in [-0.15, -0.1) is 0 Å². The molecule has 39 heavy (non-hydrogen) atoms. The van der Waals surface area contributed by atoms with Crippen molar-refractivity contribution >= 4 is 17.4 Å². The quantitative estimate of drug-likeness (QED) is 0.153. The van der Waals surface area contributed by atoms with Crippen LogP contribution < -0.4 is 9.47 Å². The summed E-state index contributed by atoms with van der Waals surface area (Å²) >= 11 is 0. The third-order valence-corrected chi connectivity index (χ3v) is 6.50. The molecule has 8 nitrogen and oxygen atoms in total. The molecule has 3 aromatic rings. The molecule has 0 aromatic heterocycles. The van der Waals surface area contributed by atoms with Crippen LogP contribution in [0.2, 0.25) is 0 Å². The number of aliphatic hydroxyl groups is 1. The number of benzene rings is 3. The number of ether oxygens (including phenoxy) is 3. The third kappa shape index (κ3) is 6.23. The molecule has 1 saturated heterocycles. The molecular weight excluding hydrogens is 498 g/mol. The fraction of sp³-hybridized carbons (Fsp3) is 0.290. The van der Waals surface area contributed by atoms with Crippen molar-refractivity contribution < 1.29 is 34.0 Å². The van der Waals surface area contributed by atoms with Crippen molar-refractivity contribution in [3.8, 4) is 17.2 Å².